The first kappa shape index (κ1) is 17.9. The average molecular weight is 297 g/mol. The third-order valence-corrected chi connectivity index (χ3v) is 3.37. The van der Waals surface area contributed by atoms with Crippen molar-refractivity contribution in [2.45, 2.75) is 45.6 Å². The van der Waals surface area contributed by atoms with Crippen LogP contribution >= 0.6 is 0 Å². The second kappa shape index (κ2) is 10.6. The molecule has 1 N–H and O–H groups in total. The van der Waals surface area contributed by atoms with Crippen molar-refractivity contribution >= 4 is 0 Å². The third kappa shape index (κ3) is 6.44. The molecule has 0 aliphatic carbocycles. The van der Waals surface area contributed by atoms with E-state index in [-0.39, 0.29) is 11.9 Å². The standard InChI is InChI=1S/C17H28FNO2/c1-4-10-19-15(9-12-21-11-5-2)13-14-7-6-8-16(20-3)17(14)18/h6-8,15,19H,4-5,9-13H2,1-3H3. The van der Waals surface area contributed by atoms with Gasteiger partial charge in [0.1, 0.15) is 0 Å². The van der Waals surface area contributed by atoms with Gasteiger partial charge >= 0.3 is 0 Å². The Bertz CT molecular complexity index is 398. The molecule has 1 atom stereocenters. The van der Waals surface area contributed by atoms with Crippen LogP contribution in [0.4, 0.5) is 4.39 Å². The molecule has 0 amide bonds. The van der Waals surface area contributed by atoms with E-state index in [4.69, 9.17) is 9.47 Å². The summed E-state index contributed by atoms with van der Waals surface area (Å²) in [5, 5.41) is 3.47. The monoisotopic (exact) mass is 297 g/mol. The molecular formula is C17H28FNO2. The topological polar surface area (TPSA) is 30.5 Å². The Hall–Kier alpha value is -1.13. The molecule has 0 saturated carbocycles. The van der Waals surface area contributed by atoms with E-state index >= 15 is 0 Å². The Morgan fingerprint density at radius 3 is 2.67 bits per heavy atom. The first-order valence-electron chi connectivity index (χ1n) is 7.85. The molecule has 4 heteroatoms. The summed E-state index contributed by atoms with van der Waals surface area (Å²) in [4.78, 5) is 0. The fraction of sp³-hybridized carbons (Fsp3) is 0.647. The zero-order valence-electron chi connectivity index (χ0n) is 13.5. The summed E-state index contributed by atoms with van der Waals surface area (Å²) in [6.45, 7) is 6.65. The smallest absolute Gasteiger partial charge is 0.168 e. The number of halogens is 1. The van der Waals surface area contributed by atoms with Crippen LogP contribution < -0.4 is 10.1 Å². The maximum Gasteiger partial charge on any atom is 0.168 e. The Morgan fingerprint density at radius 1 is 1.19 bits per heavy atom. The number of rotatable bonds is 11. The Morgan fingerprint density at radius 2 is 2.00 bits per heavy atom. The molecule has 0 radical (unpaired) electrons. The SMILES string of the molecule is CCCNC(CCOCCC)Cc1cccc(OC)c1F. The van der Waals surface area contributed by atoms with Gasteiger partial charge in [-0.25, -0.2) is 4.39 Å². The van der Waals surface area contributed by atoms with Gasteiger partial charge in [-0.3, -0.25) is 0 Å². The number of methoxy groups -OCH3 is 1. The van der Waals surface area contributed by atoms with E-state index in [2.05, 4.69) is 19.2 Å². The Labute approximate surface area is 127 Å². The minimum absolute atomic E-state index is 0.225. The average Bonchev–Trinajstić information content (AvgIpc) is 2.50. The van der Waals surface area contributed by atoms with Crippen molar-refractivity contribution in [2.75, 3.05) is 26.9 Å². The van der Waals surface area contributed by atoms with Crippen molar-refractivity contribution in [1.82, 2.24) is 5.32 Å². The fourth-order valence-corrected chi connectivity index (χ4v) is 2.23. The van der Waals surface area contributed by atoms with Crippen molar-refractivity contribution in [1.29, 1.82) is 0 Å². The van der Waals surface area contributed by atoms with Crippen molar-refractivity contribution in [3.63, 3.8) is 0 Å². The minimum atomic E-state index is -0.252. The second-order valence-electron chi connectivity index (χ2n) is 5.19. The molecule has 3 nitrogen and oxygen atoms in total. The van der Waals surface area contributed by atoms with E-state index in [1.807, 2.05) is 12.1 Å². The molecule has 0 saturated heterocycles. The molecule has 1 rings (SSSR count). The van der Waals surface area contributed by atoms with E-state index in [1.54, 1.807) is 6.07 Å². The van der Waals surface area contributed by atoms with Crippen molar-refractivity contribution < 1.29 is 13.9 Å². The normalized spacial score (nSPS) is 12.4. The van der Waals surface area contributed by atoms with Crippen LogP contribution in [0, 0.1) is 5.82 Å². The van der Waals surface area contributed by atoms with Crippen LogP contribution in [0.5, 0.6) is 5.75 Å². The van der Waals surface area contributed by atoms with Crippen molar-refractivity contribution in [3.05, 3.63) is 29.6 Å². The summed E-state index contributed by atoms with van der Waals surface area (Å²) in [6, 6.07) is 5.54. The molecule has 1 aromatic rings. The molecule has 21 heavy (non-hydrogen) atoms. The van der Waals surface area contributed by atoms with E-state index in [9.17, 15) is 4.39 Å². The van der Waals surface area contributed by atoms with E-state index in [0.717, 1.165) is 32.4 Å². The van der Waals surface area contributed by atoms with Crippen LogP contribution in [-0.2, 0) is 11.2 Å². The lowest BCUT2D eigenvalue weighted by molar-refractivity contribution is 0.124. The number of nitrogens with one attached hydrogen (secondary N) is 1. The zero-order valence-corrected chi connectivity index (χ0v) is 13.5. The molecule has 1 aromatic carbocycles. The number of benzene rings is 1. The lowest BCUT2D eigenvalue weighted by Gasteiger charge is -2.19. The van der Waals surface area contributed by atoms with Crippen LogP contribution in [0.2, 0.25) is 0 Å². The molecular weight excluding hydrogens is 269 g/mol. The Balaban J connectivity index is 2.62. The molecule has 0 aromatic heterocycles. The van der Waals surface area contributed by atoms with Crippen LogP contribution in [0.3, 0.4) is 0 Å². The quantitative estimate of drug-likeness (QED) is 0.634. The van der Waals surface area contributed by atoms with Gasteiger partial charge in [-0.15, -0.1) is 0 Å². The lowest BCUT2D eigenvalue weighted by atomic mass is 10.0. The molecule has 1 unspecified atom stereocenters. The van der Waals surface area contributed by atoms with Gasteiger partial charge in [0, 0.05) is 19.3 Å². The maximum atomic E-state index is 14.2. The van der Waals surface area contributed by atoms with Crippen LogP contribution in [-0.4, -0.2) is 32.9 Å². The maximum absolute atomic E-state index is 14.2. The van der Waals surface area contributed by atoms with E-state index in [1.165, 1.54) is 7.11 Å². The molecule has 120 valence electrons. The highest BCUT2D eigenvalue weighted by atomic mass is 19.1. The van der Waals surface area contributed by atoms with Crippen LogP contribution in [0.25, 0.3) is 0 Å². The lowest BCUT2D eigenvalue weighted by Crippen LogP contribution is -2.33. The minimum Gasteiger partial charge on any atom is -0.494 e. The molecule has 0 bridgehead atoms. The molecule has 0 heterocycles. The predicted octanol–water partition coefficient (Wildman–Crippen LogP) is 3.56. The van der Waals surface area contributed by atoms with E-state index in [0.29, 0.717) is 24.3 Å². The van der Waals surface area contributed by atoms with Gasteiger partial charge in [0.25, 0.3) is 0 Å². The Kier molecular flexibility index (Phi) is 9.02. The molecule has 0 spiro atoms. The van der Waals surface area contributed by atoms with Gasteiger partial charge in [0.05, 0.1) is 7.11 Å². The summed E-state index contributed by atoms with van der Waals surface area (Å²) < 4.78 is 24.8. The largest absolute Gasteiger partial charge is 0.494 e. The highest BCUT2D eigenvalue weighted by molar-refractivity contribution is 5.31. The van der Waals surface area contributed by atoms with Crippen LogP contribution in [0.15, 0.2) is 18.2 Å². The van der Waals surface area contributed by atoms with Crippen molar-refractivity contribution in [2.24, 2.45) is 0 Å². The number of hydrogen-bond donors (Lipinski definition) is 1. The fourth-order valence-electron chi connectivity index (χ4n) is 2.23. The summed E-state index contributed by atoms with van der Waals surface area (Å²) >= 11 is 0. The first-order valence-corrected chi connectivity index (χ1v) is 7.85. The zero-order chi connectivity index (χ0) is 15.5. The summed E-state index contributed by atoms with van der Waals surface area (Å²) in [7, 11) is 1.49. The van der Waals surface area contributed by atoms with Gasteiger partial charge in [-0.05, 0) is 43.9 Å². The number of ether oxygens (including phenoxy) is 2. The van der Waals surface area contributed by atoms with Crippen LogP contribution in [0.1, 0.15) is 38.7 Å². The van der Waals surface area contributed by atoms with Gasteiger partial charge in [-0.1, -0.05) is 26.0 Å². The van der Waals surface area contributed by atoms with Crippen molar-refractivity contribution in [3.8, 4) is 5.75 Å². The highest BCUT2D eigenvalue weighted by Gasteiger charge is 2.14. The molecule has 0 aliphatic rings. The van der Waals surface area contributed by atoms with Gasteiger partial charge < -0.3 is 14.8 Å². The summed E-state index contributed by atoms with van der Waals surface area (Å²) in [5.41, 5.74) is 0.693. The number of hydrogen-bond acceptors (Lipinski definition) is 3. The van der Waals surface area contributed by atoms with Gasteiger partial charge in [-0.2, -0.15) is 0 Å². The van der Waals surface area contributed by atoms with E-state index < -0.39 is 0 Å². The summed E-state index contributed by atoms with van der Waals surface area (Å²) in [5.74, 6) is 0.0572. The second-order valence-corrected chi connectivity index (χ2v) is 5.19. The molecule has 0 aliphatic heterocycles. The first-order chi connectivity index (χ1) is 10.2. The predicted molar refractivity (Wildman–Crippen MR) is 84.5 cm³/mol. The summed E-state index contributed by atoms with van der Waals surface area (Å²) in [6.07, 6.45) is 3.62. The molecule has 0 fully saturated rings. The van der Waals surface area contributed by atoms with Gasteiger partial charge in [0.2, 0.25) is 0 Å². The van der Waals surface area contributed by atoms with Gasteiger partial charge in [0.15, 0.2) is 11.6 Å². The third-order valence-electron chi connectivity index (χ3n) is 3.37. The highest BCUT2D eigenvalue weighted by Crippen LogP contribution is 2.21.